The molecule has 1 aliphatic carbocycles. The zero-order valence-corrected chi connectivity index (χ0v) is 12.9. The number of benzene rings is 1. The van der Waals surface area contributed by atoms with Gasteiger partial charge in [-0.25, -0.2) is 8.42 Å². The molecule has 3 rings (SSSR count). The van der Waals surface area contributed by atoms with Crippen LogP contribution in [0.4, 0.5) is 5.13 Å². The maximum Gasteiger partial charge on any atom is 0.237 e. The number of rotatable bonds is 7. The van der Waals surface area contributed by atoms with Crippen LogP contribution in [-0.4, -0.2) is 31.0 Å². The Kier molecular flexibility index (Phi) is 4.07. The predicted octanol–water partition coefficient (Wildman–Crippen LogP) is 2.24. The number of aromatic nitrogens is 2. The highest BCUT2D eigenvalue weighted by atomic mass is 32.2. The molecule has 0 bridgehead atoms. The van der Waals surface area contributed by atoms with Gasteiger partial charge in [-0.1, -0.05) is 29.5 Å². The Morgan fingerprint density at radius 2 is 2.00 bits per heavy atom. The highest BCUT2D eigenvalue weighted by molar-refractivity contribution is 7.92. The first-order valence-corrected chi connectivity index (χ1v) is 9.11. The van der Waals surface area contributed by atoms with Crippen LogP contribution in [0.1, 0.15) is 23.8 Å². The zero-order chi connectivity index (χ0) is 14.7. The molecule has 1 aromatic carbocycles. The molecule has 1 fully saturated rings. The molecule has 0 aliphatic heterocycles. The lowest BCUT2D eigenvalue weighted by atomic mass is 10.3. The smallest absolute Gasteiger partial charge is 0.237 e. The van der Waals surface area contributed by atoms with Crippen LogP contribution in [0.3, 0.4) is 0 Å². The summed E-state index contributed by atoms with van der Waals surface area (Å²) in [5, 5.41) is 9.11. The summed E-state index contributed by atoms with van der Waals surface area (Å²) >= 11 is 1.31. The Bertz CT molecular complexity index is 696. The van der Waals surface area contributed by atoms with Crippen molar-refractivity contribution in [1.82, 2.24) is 10.2 Å². The van der Waals surface area contributed by atoms with E-state index in [-0.39, 0.29) is 12.4 Å². The van der Waals surface area contributed by atoms with E-state index in [2.05, 4.69) is 14.9 Å². The van der Waals surface area contributed by atoms with E-state index in [9.17, 15) is 8.42 Å². The van der Waals surface area contributed by atoms with E-state index < -0.39 is 10.0 Å². The van der Waals surface area contributed by atoms with Crippen molar-refractivity contribution in [2.75, 3.05) is 17.1 Å². The summed E-state index contributed by atoms with van der Waals surface area (Å²) < 4.78 is 31.7. The fraction of sp³-hybridized carbons (Fsp3) is 0.385. The molecular formula is C13H15N3O3S2. The third-order valence-electron chi connectivity index (χ3n) is 2.97. The van der Waals surface area contributed by atoms with Crippen LogP contribution in [0.15, 0.2) is 30.3 Å². The summed E-state index contributed by atoms with van der Waals surface area (Å²) in [5.74, 6) is 1.00. The topological polar surface area (TPSA) is 81.2 Å². The second-order valence-electron chi connectivity index (χ2n) is 4.80. The van der Waals surface area contributed by atoms with E-state index in [4.69, 9.17) is 4.74 Å². The van der Waals surface area contributed by atoms with Gasteiger partial charge >= 0.3 is 0 Å². The lowest BCUT2D eigenvalue weighted by Crippen LogP contribution is -2.21. The van der Waals surface area contributed by atoms with E-state index >= 15 is 0 Å². The number of ether oxygens (including phenoxy) is 1. The highest BCUT2D eigenvalue weighted by Crippen LogP contribution is 2.42. The van der Waals surface area contributed by atoms with E-state index in [0.717, 1.165) is 17.8 Å². The number of hydrogen-bond donors (Lipinski definition) is 1. The van der Waals surface area contributed by atoms with Crippen molar-refractivity contribution in [3.8, 4) is 5.75 Å². The standard InChI is InChI=1S/C13H15N3O3S2/c17-21(18,9-8-19-11-4-2-1-3-5-11)16-13-15-14-12(20-13)10-6-7-10/h1-5,10H,6-9H2,(H,15,16). The molecule has 1 heterocycles. The lowest BCUT2D eigenvalue weighted by Gasteiger charge is -2.07. The van der Waals surface area contributed by atoms with Gasteiger partial charge in [0.2, 0.25) is 15.2 Å². The molecule has 112 valence electrons. The van der Waals surface area contributed by atoms with Crippen LogP contribution in [-0.2, 0) is 10.0 Å². The molecule has 0 unspecified atom stereocenters. The molecule has 0 amide bonds. The van der Waals surface area contributed by atoms with Crippen LogP contribution in [0.25, 0.3) is 0 Å². The third kappa shape index (κ3) is 4.15. The molecule has 8 heteroatoms. The maximum absolute atomic E-state index is 11.9. The van der Waals surface area contributed by atoms with Gasteiger partial charge in [0, 0.05) is 5.92 Å². The summed E-state index contributed by atoms with van der Waals surface area (Å²) in [5.41, 5.74) is 0. The van der Waals surface area contributed by atoms with Gasteiger partial charge in [-0.15, -0.1) is 10.2 Å². The summed E-state index contributed by atoms with van der Waals surface area (Å²) in [6.45, 7) is 0.0909. The van der Waals surface area contributed by atoms with Crippen LogP contribution < -0.4 is 9.46 Å². The van der Waals surface area contributed by atoms with Gasteiger partial charge in [0.05, 0.1) is 0 Å². The minimum absolute atomic E-state index is 0.0909. The van der Waals surface area contributed by atoms with Gasteiger partial charge in [0.1, 0.15) is 23.1 Å². The fourth-order valence-electron chi connectivity index (χ4n) is 1.74. The second kappa shape index (κ2) is 5.98. The lowest BCUT2D eigenvalue weighted by molar-refractivity contribution is 0.341. The van der Waals surface area contributed by atoms with Gasteiger partial charge in [-0.05, 0) is 25.0 Å². The maximum atomic E-state index is 11.9. The number of nitrogens with zero attached hydrogens (tertiary/aromatic N) is 2. The molecule has 1 aliphatic rings. The quantitative estimate of drug-likeness (QED) is 0.844. The number of sulfonamides is 1. The van der Waals surface area contributed by atoms with Gasteiger partial charge in [-0.3, -0.25) is 4.72 Å². The molecular weight excluding hydrogens is 310 g/mol. The van der Waals surface area contributed by atoms with Crippen molar-refractivity contribution in [1.29, 1.82) is 0 Å². The highest BCUT2D eigenvalue weighted by Gasteiger charge is 2.28. The molecule has 2 aromatic rings. The van der Waals surface area contributed by atoms with Crippen LogP contribution in [0.2, 0.25) is 0 Å². The van der Waals surface area contributed by atoms with Crippen molar-refractivity contribution in [2.24, 2.45) is 0 Å². The van der Waals surface area contributed by atoms with E-state index in [1.807, 2.05) is 18.2 Å². The number of hydrogen-bond acceptors (Lipinski definition) is 6. The first-order valence-electron chi connectivity index (χ1n) is 6.64. The summed E-state index contributed by atoms with van der Waals surface area (Å²) in [6, 6.07) is 9.11. The molecule has 21 heavy (non-hydrogen) atoms. The van der Waals surface area contributed by atoms with Gasteiger partial charge in [0.15, 0.2) is 0 Å². The van der Waals surface area contributed by atoms with E-state index in [1.165, 1.54) is 11.3 Å². The Hall–Kier alpha value is -1.67. The normalized spacial score (nSPS) is 14.9. The SMILES string of the molecule is O=S(=O)(CCOc1ccccc1)Nc1nnc(C2CC2)s1. The molecule has 0 saturated heterocycles. The average Bonchev–Trinajstić information content (AvgIpc) is 3.21. The monoisotopic (exact) mass is 325 g/mol. The predicted molar refractivity (Wildman–Crippen MR) is 81.2 cm³/mol. The zero-order valence-electron chi connectivity index (χ0n) is 11.2. The minimum Gasteiger partial charge on any atom is -0.492 e. The number of anilines is 1. The Morgan fingerprint density at radius 3 is 2.71 bits per heavy atom. The van der Waals surface area contributed by atoms with Crippen LogP contribution in [0.5, 0.6) is 5.75 Å². The van der Waals surface area contributed by atoms with Crippen molar-refractivity contribution < 1.29 is 13.2 Å². The van der Waals surface area contributed by atoms with E-state index in [0.29, 0.717) is 16.8 Å². The fourth-order valence-corrected chi connectivity index (χ4v) is 3.76. The minimum atomic E-state index is -3.46. The van der Waals surface area contributed by atoms with Gasteiger partial charge < -0.3 is 4.74 Å². The van der Waals surface area contributed by atoms with Crippen molar-refractivity contribution in [3.63, 3.8) is 0 Å². The Balaban J connectivity index is 1.51. The molecule has 0 spiro atoms. The van der Waals surface area contributed by atoms with Crippen LogP contribution >= 0.6 is 11.3 Å². The summed E-state index contributed by atoms with van der Waals surface area (Å²) in [4.78, 5) is 0. The average molecular weight is 325 g/mol. The Morgan fingerprint density at radius 1 is 1.24 bits per heavy atom. The van der Waals surface area contributed by atoms with Crippen molar-refractivity contribution >= 4 is 26.5 Å². The van der Waals surface area contributed by atoms with Crippen molar-refractivity contribution in [2.45, 2.75) is 18.8 Å². The first kappa shape index (κ1) is 14.3. The summed E-state index contributed by atoms with van der Waals surface area (Å²) in [6.07, 6.45) is 2.23. The van der Waals surface area contributed by atoms with Gasteiger partial charge in [0.25, 0.3) is 0 Å². The number of para-hydroxylation sites is 1. The molecule has 1 N–H and O–H groups in total. The largest absolute Gasteiger partial charge is 0.492 e. The summed E-state index contributed by atoms with van der Waals surface area (Å²) in [7, 11) is -3.46. The van der Waals surface area contributed by atoms with Crippen LogP contribution in [0, 0.1) is 0 Å². The third-order valence-corrected chi connectivity index (χ3v) is 5.31. The molecule has 0 radical (unpaired) electrons. The van der Waals surface area contributed by atoms with E-state index in [1.54, 1.807) is 12.1 Å². The molecule has 1 aromatic heterocycles. The van der Waals surface area contributed by atoms with Gasteiger partial charge in [-0.2, -0.15) is 0 Å². The Labute approximate surface area is 127 Å². The molecule has 1 saturated carbocycles. The second-order valence-corrected chi connectivity index (χ2v) is 7.65. The first-order chi connectivity index (χ1) is 10.1. The number of nitrogens with one attached hydrogen (secondary N) is 1. The van der Waals surface area contributed by atoms with Crippen molar-refractivity contribution in [3.05, 3.63) is 35.3 Å². The molecule has 0 atom stereocenters. The molecule has 6 nitrogen and oxygen atoms in total.